The van der Waals surface area contributed by atoms with Crippen molar-refractivity contribution in [2.45, 2.75) is 13.2 Å². The summed E-state index contributed by atoms with van der Waals surface area (Å²) >= 11 is 11.9. The second-order valence-corrected chi connectivity index (χ2v) is 7.83. The summed E-state index contributed by atoms with van der Waals surface area (Å²) in [7, 11) is 0. The molecule has 1 fully saturated rings. The normalized spacial score (nSPS) is 14.8. The zero-order valence-electron chi connectivity index (χ0n) is 16.3. The highest BCUT2D eigenvalue weighted by molar-refractivity contribution is 6.30. The van der Waals surface area contributed by atoms with E-state index in [2.05, 4.69) is 5.32 Å². The number of benzene rings is 3. The second-order valence-electron chi connectivity index (χ2n) is 6.95. The summed E-state index contributed by atoms with van der Waals surface area (Å²) in [5, 5.41) is 3.62. The zero-order valence-corrected chi connectivity index (χ0v) is 17.9. The summed E-state index contributed by atoms with van der Waals surface area (Å²) in [6.45, 7) is 0.589. The number of amides is 3. The zero-order chi connectivity index (χ0) is 21.8. The molecule has 1 N–H and O–H groups in total. The Morgan fingerprint density at radius 3 is 2.13 bits per heavy atom. The number of hydrogen-bond donors (Lipinski definition) is 1. The predicted octanol–water partition coefficient (Wildman–Crippen LogP) is 5.67. The molecule has 1 saturated heterocycles. The maximum Gasteiger partial charge on any atom is 0.329 e. The van der Waals surface area contributed by atoms with Crippen LogP contribution in [0.25, 0.3) is 6.08 Å². The minimum atomic E-state index is -0.467. The number of nitrogens with zero attached hydrogens (tertiary/aromatic N) is 1. The molecule has 0 atom stereocenters. The number of ether oxygens (including phenoxy) is 1. The first-order valence-electron chi connectivity index (χ1n) is 9.55. The first kappa shape index (κ1) is 21.0. The van der Waals surface area contributed by atoms with Crippen LogP contribution < -0.4 is 10.1 Å². The molecule has 1 aliphatic heterocycles. The van der Waals surface area contributed by atoms with Crippen molar-refractivity contribution < 1.29 is 14.3 Å². The molecule has 5 nitrogen and oxygen atoms in total. The van der Waals surface area contributed by atoms with E-state index in [1.165, 1.54) is 4.90 Å². The van der Waals surface area contributed by atoms with Crippen molar-refractivity contribution in [2.24, 2.45) is 0 Å². The molecule has 31 heavy (non-hydrogen) atoms. The number of hydrogen-bond acceptors (Lipinski definition) is 3. The van der Waals surface area contributed by atoms with Crippen molar-refractivity contribution in [3.8, 4) is 5.75 Å². The number of para-hydroxylation sites is 1. The Labute approximate surface area is 189 Å². The molecule has 7 heteroatoms. The molecule has 4 rings (SSSR count). The van der Waals surface area contributed by atoms with Crippen molar-refractivity contribution in [1.82, 2.24) is 10.2 Å². The maximum atomic E-state index is 12.5. The van der Waals surface area contributed by atoms with Crippen molar-refractivity contribution in [2.75, 3.05) is 0 Å². The molecule has 3 aromatic carbocycles. The van der Waals surface area contributed by atoms with E-state index in [4.69, 9.17) is 27.9 Å². The minimum absolute atomic E-state index is 0.244. The predicted molar refractivity (Wildman–Crippen MR) is 121 cm³/mol. The Morgan fingerprint density at radius 1 is 0.839 bits per heavy atom. The summed E-state index contributed by atoms with van der Waals surface area (Å²) in [6, 6.07) is 21.4. The van der Waals surface area contributed by atoms with Crippen LogP contribution in [0.4, 0.5) is 4.79 Å². The van der Waals surface area contributed by atoms with Gasteiger partial charge < -0.3 is 4.74 Å². The quantitative estimate of drug-likeness (QED) is 0.387. The number of imide groups is 1. The number of rotatable bonds is 6. The highest BCUT2D eigenvalue weighted by atomic mass is 35.5. The van der Waals surface area contributed by atoms with E-state index in [-0.39, 0.29) is 12.2 Å². The number of halogens is 2. The van der Waals surface area contributed by atoms with Gasteiger partial charge in [0.2, 0.25) is 0 Å². The fourth-order valence-corrected chi connectivity index (χ4v) is 3.41. The topological polar surface area (TPSA) is 58.6 Å². The summed E-state index contributed by atoms with van der Waals surface area (Å²) in [6.07, 6.45) is 1.66. The molecule has 0 aromatic heterocycles. The second kappa shape index (κ2) is 9.25. The fraction of sp³-hybridized carbons (Fsp3) is 0.0833. The number of urea groups is 1. The van der Waals surface area contributed by atoms with Crippen molar-refractivity contribution >= 4 is 41.2 Å². The standard InChI is InChI=1S/C24H18Cl2N2O3/c25-19-9-5-16(6-10-19)14-28-21(23(29)27-24(28)30)13-18-3-1-2-4-22(18)31-15-17-7-11-20(26)12-8-17/h1-13H,14-15H2,(H,27,29,30)/b21-13+. The van der Waals surface area contributed by atoms with Gasteiger partial charge in [0.15, 0.2) is 0 Å². The molecule has 0 bridgehead atoms. The van der Waals surface area contributed by atoms with Gasteiger partial charge in [-0.1, -0.05) is 65.7 Å². The lowest BCUT2D eigenvalue weighted by Gasteiger charge is -2.16. The van der Waals surface area contributed by atoms with Gasteiger partial charge in [-0.05, 0) is 47.5 Å². The molecule has 0 aliphatic carbocycles. The van der Waals surface area contributed by atoms with Crippen molar-refractivity contribution in [1.29, 1.82) is 0 Å². The molecule has 0 radical (unpaired) electrons. The van der Waals surface area contributed by atoms with Gasteiger partial charge >= 0.3 is 6.03 Å². The SMILES string of the molecule is O=C1NC(=O)N(Cc2ccc(Cl)cc2)/C1=C/c1ccccc1OCc1ccc(Cl)cc1. The smallest absolute Gasteiger partial charge is 0.329 e. The van der Waals surface area contributed by atoms with Gasteiger partial charge in [0.1, 0.15) is 18.1 Å². The Bertz CT molecular complexity index is 1140. The third-order valence-electron chi connectivity index (χ3n) is 4.76. The summed E-state index contributed by atoms with van der Waals surface area (Å²) in [5.41, 5.74) is 2.76. The molecule has 156 valence electrons. The third kappa shape index (κ3) is 5.08. The molecule has 3 aromatic rings. The van der Waals surface area contributed by atoms with Crippen LogP contribution in [0.1, 0.15) is 16.7 Å². The Balaban J connectivity index is 1.58. The maximum absolute atomic E-state index is 12.5. The van der Waals surface area contributed by atoms with Gasteiger partial charge in [0.05, 0.1) is 6.54 Å². The molecule has 0 unspecified atom stereocenters. The first-order valence-corrected chi connectivity index (χ1v) is 10.3. The first-order chi connectivity index (χ1) is 15.0. The third-order valence-corrected chi connectivity index (χ3v) is 5.27. The van der Waals surface area contributed by atoms with Crippen LogP contribution in [0.15, 0.2) is 78.5 Å². The summed E-state index contributed by atoms with van der Waals surface area (Å²) in [5.74, 6) is 0.148. The molecular weight excluding hydrogens is 435 g/mol. The molecule has 3 amide bonds. The minimum Gasteiger partial charge on any atom is -0.488 e. The van der Waals surface area contributed by atoms with Crippen LogP contribution >= 0.6 is 23.2 Å². The lowest BCUT2D eigenvalue weighted by atomic mass is 10.1. The van der Waals surface area contributed by atoms with Crippen LogP contribution in [-0.4, -0.2) is 16.8 Å². The number of carbonyl (C=O) groups is 2. The lowest BCUT2D eigenvalue weighted by molar-refractivity contribution is -0.116. The van der Waals surface area contributed by atoms with Gasteiger partial charge in [-0.3, -0.25) is 15.0 Å². The molecule has 0 spiro atoms. The molecule has 1 heterocycles. The highest BCUT2D eigenvalue weighted by Gasteiger charge is 2.33. The van der Waals surface area contributed by atoms with Crippen molar-refractivity contribution in [3.63, 3.8) is 0 Å². The monoisotopic (exact) mass is 452 g/mol. The van der Waals surface area contributed by atoms with E-state index in [1.807, 2.05) is 48.5 Å². The van der Waals surface area contributed by atoms with Gasteiger partial charge in [-0.25, -0.2) is 4.79 Å². The Morgan fingerprint density at radius 2 is 1.45 bits per heavy atom. The average molecular weight is 453 g/mol. The van der Waals surface area contributed by atoms with E-state index in [0.29, 0.717) is 28.0 Å². The van der Waals surface area contributed by atoms with Crippen LogP contribution in [0.2, 0.25) is 10.0 Å². The molecule has 1 aliphatic rings. The van der Waals surface area contributed by atoms with Gasteiger partial charge in [-0.2, -0.15) is 0 Å². The number of carbonyl (C=O) groups excluding carboxylic acids is 2. The number of nitrogens with one attached hydrogen (secondary N) is 1. The Hall–Kier alpha value is -3.28. The van der Waals surface area contributed by atoms with E-state index in [0.717, 1.165) is 11.1 Å². The van der Waals surface area contributed by atoms with Crippen LogP contribution in [-0.2, 0) is 17.9 Å². The summed E-state index contributed by atoms with van der Waals surface area (Å²) in [4.78, 5) is 26.2. The van der Waals surface area contributed by atoms with E-state index in [9.17, 15) is 9.59 Å². The summed E-state index contributed by atoms with van der Waals surface area (Å²) < 4.78 is 5.96. The van der Waals surface area contributed by atoms with E-state index in [1.54, 1.807) is 30.3 Å². The largest absolute Gasteiger partial charge is 0.488 e. The van der Waals surface area contributed by atoms with Crippen LogP contribution in [0, 0.1) is 0 Å². The van der Waals surface area contributed by atoms with E-state index < -0.39 is 11.9 Å². The van der Waals surface area contributed by atoms with Crippen LogP contribution in [0.5, 0.6) is 5.75 Å². The lowest BCUT2D eigenvalue weighted by Crippen LogP contribution is -2.27. The Kier molecular flexibility index (Phi) is 6.26. The molecule has 0 saturated carbocycles. The fourth-order valence-electron chi connectivity index (χ4n) is 3.15. The molecular formula is C24H18Cl2N2O3. The van der Waals surface area contributed by atoms with Gasteiger partial charge in [0, 0.05) is 15.6 Å². The highest BCUT2D eigenvalue weighted by Crippen LogP contribution is 2.26. The van der Waals surface area contributed by atoms with Gasteiger partial charge in [0.25, 0.3) is 5.91 Å². The van der Waals surface area contributed by atoms with Crippen LogP contribution in [0.3, 0.4) is 0 Å². The average Bonchev–Trinajstić information content (AvgIpc) is 3.02. The van der Waals surface area contributed by atoms with E-state index >= 15 is 0 Å². The van der Waals surface area contributed by atoms with Gasteiger partial charge in [-0.15, -0.1) is 0 Å². The van der Waals surface area contributed by atoms with Crippen molar-refractivity contribution in [3.05, 3.63) is 105 Å².